The van der Waals surface area contributed by atoms with E-state index in [-0.39, 0.29) is 0 Å². The Morgan fingerprint density at radius 3 is 2.10 bits per heavy atom. The van der Waals surface area contributed by atoms with Crippen LogP contribution in [0.5, 0.6) is 0 Å². The van der Waals surface area contributed by atoms with Gasteiger partial charge in [0.15, 0.2) is 6.04 Å². The molecule has 2 aromatic carbocycles. The normalized spacial score (nSPS) is 12.8. The first-order chi connectivity index (χ1) is 13.4. The second-order valence-corrected chi connectivity index (χ2v) is 7.30. The fraction of sp³-hybridized carbons (Fsp3) is 0.333. The maximum atomic E-state index is 12.9. The third-order valence-corrected chi connectivity index (χ3v) is 3.87. The Morgan fingerprint density at radius 2 is 1.59 bits per heavy atom. The maximum absolute atomic E-state index is 12.9. The predicted molar refractivity (Wildman–Crippen MR) is 101 cm³/mol. The van der Waals surface area contributed by atoms with Crippen molar-refractivity contribution in [3.8, 4) is 11.1 Å². The van der Waals surface area contributed by atoms with Crippen molar-refractivity contribution in [3.05, 3.63) is 59.7 Å². The number of nitrogens with one attached hydrogen (secondary N) is 1. The number of esters is 1. The van der Waals surface area contributed by atoms with Crippen molar-refractivity contribution >= 4 is 12.1 Å². The van der Waals surface area contributed by atoms with Gasteiger partial charge in [-0.15, -0.1) is 0 Å². The molecular weight excluding hydrogens is 387 g/mol. The first kappa shape index (κ1) is 22.3. The third-order valence-electron chi connectivity index (χ3n) is 3.87. The van der Waals surface area contributed by atoms with Gasteiger partial charge in [0.1, 0.15) is 5.60 Å². The summed E-state index contributed by atoms with van der Waals surface area (Å²) in [6, 6.07) is 10.0. The van der Waals surface area contributed by atoms with E-state index >= 15 is 0 Å². The molecule has 1 amide bonds. The van der Waals surface area contributed by atoms with Crippen molar-refractivity contribution in [2.75, 3.05) is 7.11 Å². The summed E-state index contributed by atoms with van der Waals surface area (Å²) in [4.78, 5) is 24.1. The van der Waals surface area contributed by atoms with E-state index in [1.54, 1.807) is 39.0 Å². The zero-order chi connectivity index (χ0) is 21.8. The van der Waals surface area contributed by atoms with E-state index in [2.05, 4.69) is 5.32 Å². The molecule has 0 aromatic heterocycles. The number of hydrogen-bond acceptors (Lipinski definition) is 4. The monoisotopic (exact) mass is 409 g/mol. The average Bonchev–Trinajstić information content (AvgIpc) is 2.64. The zero-order valence-corrected chi connectivity index (χ0v) is 16.5. The van der Waals surface area contributed by atoms with Gasteiger partial charge in [0.25, 0.3) is 0 Å². The van der Waals surface area contributed by atoms with Crippen molar-refractivity contribution in [1.29, 1.82) is 0 Å². The number of amides is 1. The van der Waals surface area contributed by atoms with Crippen LogP contribution in [-0.2, 0) is 20.4 Å². The minimum Gasteiger partial charge on any atom is -0.467 e. The molecule has 1 atom stereocenters. The summed E-state index contributed by atoms with van der Waals surface area (Å²) in [5.41, 5.74) is -0.198. The molecule has 156 valence electrons. The van der Waals surface area contributed by atoms with Gasteiger partial charge in [-0.05, 0) is 49.6 Å². The summed E-state index contributed by atoms with van der Waals surface area (Å²) in [6.45, 7) is 5.05. The predicted octanol–water partition coefficient (Wildman–Crippen LogP) is 5.11. The number of halogens is 3. The number of hydrogen-bond donors (Lipinski definition) is 1. The van der Waals surface area contributed by atoms with Crippen LogP contribution in [0.4, 0.5) is 18.0 Å². The van der Waals surface area contributed by atoms with Crippen molar-refractivity contribution in [2.45, 2.75) is 38.6 Å². The maximum Gasteiger partial charge on any atom is 0.416 e. The van der Waals surface area contributed by atoms with Crippen molar-refractivity contribution in [2.24, 2.45) is 0 Å². The molecule has 0 saturated carbocycles. The molecule has 0 saturated heterocycles. The van der Waals surface area contributed by atoms with Crippen LogP contribution in [0.25, 0.3) is 11.1 Å². The molecule has 0 radical (unpaired) electrons. The van der Waals surface area contributed by atoms with Crippen molar-refractivity contribution in [3.63, 3.8) is 0 Å². The Bertz CT molecular complexity index is 871. The smallest absolute Gasteiger partial charge is 0.416 e. The number of carbonyl (C=O) groups excluding carboxylic acids is 2. The number of benzene rings is 2. The second kappa shape index (κ2) is 8.55. The van der Waals surface area contributed by atoms with Gasteiger partial charge in [0, 0.05) is 0 Å². The van der Waals surface area contributed by atoms with E-state index < -0.39 is 35.4 Å². The summed E-state index contributed by atoms with van der Waals surface area (Å²) in [6.07, 6.45) is -5.24. The highest BCUT2D eigenvalue weighted by Gasteiger charge is 2.30. The number of alkyl carbamates (subject to hydrolysis) is 1. The fourth-order valence-corrected chi connectivity index (χ4v) is 2.56. The van der Waals surface area contributed by atoms with Crippen LogP contribution >= 0.6 is 0 Å². The molecule has 2 aromatic rings. The third kappa shape index (κ3) is 6.23. The van der Waals surface area contributed by atoms with Gasteiger partial charge in [-0.25, -0.2) is 9.59 Å². The first-order valence-corrected chi connectivity index (χ1v) is 8.75. The fourth-order valence-electron chi connectivity index (χ4n) is 2.56. The van der Waals surface area contributed by atoms with Crippen molar-refractivity contribution < 1.29 is 32.2 Å². The van der Waals surface area contributed by atoms with E-state index in [4.69, 9.17) is 9.47 Å². The Labute approximate surface area is 166 Å². The quantitative estimate of drug-likeness (QED) is 0.713. The highest BCUT2D eigenvalue weighted by atomic mass is 19.4. The van der Waals surface area contributed by atoms with E-state index in [1.807, 2.05) is 0 Å². The topological polar surface area (TPSA) is 64.6 Å². The van der Waals surface area contributed by atoms with E-state index in [0.717, 1.165) is 12.1 Å². The second-order valence-electron chi connectivity index (χ2n) is 7.30. The Hall–Kier alpha value is -3.03. The zero-order valence-electron chi connectivity index (χ0n) is 16.5. The molecule has 0 spiro atoms. The molecule has 1 N–H and O–H groups in total. The van der Waals surface area contributed by atoms with Gasteiger partial charge in [-0.3, -0.25) is 0 Å². The largest absolute Gasteiger partial charge is 0.467 e. The van der Waals surface area contributed by atoms with Crippen LogP contribution in [0.1, 0.15) is 37.9 Å². The minimum absolute atomic E-state index is 0.376. The molecule has 29 heavy (non-hydrogen) atoms. The molecule has 0 aliphatic carbocycles. The molecule has 0 bridgehead atoms. The van der Waals surface area contributed by atoms with Crippen LogP contribution in [0, 0.1) is 0 Å². The van der Waals surface area contributed by atoms with E-state index in [0.29, 0.717) is 16.7 Å². The van der Waals surface area contributed by atoms with Crippen LogP contribution in [0.2, 0.25) is 0 Å². The summed E-state index contributed by atoms with van der Waals surface area (Å²) in [5.74, 6) is -0.706. The highest BCUT2D eigenvalue weighted by molar-refractivity contribution is 5.83. The molecule has 1 unspecified atom stereocenters. The lowest BCUT2D eigenvalue weighted by Crippen LogP contribution is -2.38. The number of methoxy groups -OCH3 is 1. The lowest BCUT2D eigenvalue weighted by atomic mass is 9.99. The molecular formula is C21H22F3NO4. The number of alkyl halides is 3. The summed E-state index contributed by atoms with van der Waals surface area (Å²) >= 11 is 0. The SMILES string of the molecule is COC(=O)C(NC(=O)OC(C)(C)C)c1ccc(-c2cccc(C(F)(F)F)c2)cc1. The Balaban J connectivity index is 2.27. The first-order valence-electron chi connectivity index (χ1n) is 8.75. The Morgan fingerprint density at radius 1 is 0.966 bits per heavy atom. The molecule has 5 nitrogen and oxygen atoms in total. The van der Waals surface area contributed by atoms with Gasteiger partial charge in [-0.1, -0.05) is 36.4 Å². The molecule has 0 aliphatic rings. The summed E-state index contributed by atoms with van der Waals surface area (Å²) in [7, 11) is 1.18. The van der Waals surface area contributed by atoms with Crippen LogP contribution < -0.4 is 5.32 Å². The molecule has 0 fully saturated rings. The lowest BCUT2D eigenvalue weighted by Gasteiger charge is -2.23. The molecule has 0 heterocycles. The van der Waals surface area contributed by atoms with Crippen LogP contribution in [0.15, 0.2) is 48.5 Å². The van der Waals surface area contributed by atoms with E-state index in [9.17, 15) is 22.8 Å². The van der Waals surface area contributed by atoms with Gasteiger partial charge < -0.3 is 14.8 Å². The number of ether oxygens (including phenoxy) is 2. The van der Waals surface area contributed by atoms with Gasteiger partial charge >= 0.3 is 18.2 Å². The number of rotatable bonds is 4. The van der Waals surface area contributed by atoms with Gasteiger partial charge in [-0.2, -0.15) is 13.2 Å². The summed E-state index contributed by atoms with van der Waals surface area (Å²) in [5, 5.41) is 2.44. The van der Waals surface area contributed by atoms with Crippen molar-refractivity contribution in [1.82, 2.24) is 5.32 Å². The molecule has 0 aliphatic heterocycles. The lowest BCUT2D eigenvalue weighted by molar-refractivity contribution is -0.143. The number of carbonyl (C=O) groups is 2. The van der Waals surface area contributed by atoms with Gasteiger partial charge in [0.05, 0.1) is 12.7 Å². The standard InChI is InChI=1S/C21H22F3NO4/c1-20(2,3)29-19(27)25-17(18(26)28-4)14-10-8-13(9-11-14)15-6-5-7-16(12-15)21(22,23)24/h5-12,17H,1-4H3,(H,25,27). The minimum atomic E-state index is -4.44. The average molecular weight is 409 g/mol. The van der Waals surface area contributed by atoms with E-state index in [1.165, 1.54) is 25.3 Å². The Kier molecular flexibility index (Phi) is 6.56. The highest BCUT2D eigenvalue weighted by Crippen LogP contribution is 2.32. The molecule has 2 rings (SSSR count). The van der Waals surface area contributed by atoms with Crippen LogP contribution in [0.3, 0.4) is 0 Å². The van der Waals surface area contributed by atoms with Gasteiger partial charge in [0.2, 0.25) is 0 Å². The summed E-state index contributed by atoms with van der Waals surface area (Å²) < 4.78 is 48.6. The molecule has 8 heteroatoms. The van der Waals surface area contributed by atoms with Crippen LogP contribution in [-0.4, -0.2) is 24.8 Å².